The van der Waals surface area contributed by atoms with Crippen LogP contribution >= 0.6 is 0 Å². The summed E-state index contributed by atoms with van der Waals surface area (Å²) >= 11 is 0. The molecule has 0 fully saturated rings. The van der Waals surface area contributed by atoms with E-state index in [-0.39, 0.29) is 11.9 Å². The van der Waals surface area contributed by atoms with Gasteiger partial charge in [0.1, 0.15) is 11.8 Å². The maximum absolute atomic E-state index is 13.7. The summed E-state index contributed by atoms with van der Waals surface area (Å²) in [7, 11) is 1.63. The van der Waals surface area contributed by atoms with Crippen molar-refractivity contribution in [3.8, 4) is 5.75 Å². The smallest absolute Gasteiger partial charge is 0.259 e. The number of rotatable bonds is 7. The number of carbonyl (C=O) groups excluding carboxylic acids is 1. The molecule has 0 aliphatic carbocycles. The lowest BCUT2D eigenvalue weighted by Crippen LogP contribution is -2.47. The average Bonchev–Trinajstić information content (AvgIpc) is 3.13. The molecule has 0 spiro atoms. The molecule has 0 saturated carbocycles. The fourth-order valence-corrected chi connectivity index (χ4v) is 3.98. The Bertz CT molecular complexity index is 1080. The number of anilines is 1. The Hall–Kier alpha value is -3.60. The minimum absolute atomic E-state index is 0.0351. The van der Waals surface area contributed by atoms with Crippen molar-refractivity contribution in [2.24, 2.45) is 4.99 Å². The van der Waals surface area contributed by atoms with Crippen LogP contribution in [0.2, 0.25) is 0 Å². The monoisotopic (exact) mass is 427 g/mol. The van der Waals surface area contributed by atoms with Crippen molar-refractivity contribution in [1.82, 2.24) is 4.90 Å². The van der Waals surface area contributed by atoms with Crippen molar-refractivity contribution in [3.05, 3.63) is 96.1 Å². The predicted octanol–water partition coefficient (Wildman–Crippen LogP) is 4.92. The Morgan fingerprint density at radius 3 is 2.12 bits per heavy atom. The van der Waals surface area contributed by atoms with Gasteiger partial charge in [0.15, 0.2) is 0 Å². The lowest BCUT2D eigenvalue weighted by atomic mass is 10.1. The molecule has 5 nitrogen and oxygen atoms in total. The Morgan fingerprint density at radius 1 is 0.906 bits per heavy atom. The zero-order valence-corrected chi connectivity index (χ0v) is 18.8. The van der Waals surface area contributed by atoms with Crippen molar-refractivity contribution in [1.29, 1.82) is 0 Å². The third kappa shape index (κ3) is 4.52. The van der Waals surface area contributed by atoms with E-state index in [1.54, 1.807) is 12.0 Å². The van der Waals surface area contributed by atoms with Gasteiger partial charge in [0.05, 0.1) is 12.8 Å². The van der Waals surface area contributed by atoms with Gasteiger partial charge < -0.3 is 9.64 Å². The van der Waals surface area contributed by atoms with Crippen molar-refractivity contribution in [2.45, 2.75) is 38.9 Å². The second kappa shape index (κ2) is 9.69. The molecule has 0 N–H and O–H groups in total. The van der Waals surface area contributed by atoms with Gasteiger partial charge in [-0.25, -0.2) is 9.89 Å². The van der Waals surface area contributed by atoms with Crippen LogP contribution in [-0.2, 0) is 17.8 Å². The predicted molar refractivity (Wildman–Crippen MR) is 129 cm³/mol. The summed E-state index contributed by atoms with van der Waals surface area (Å²) in [6, 6.07) is 27.6. The molecule has 0 saturated heterocycles. The quantitative estimate of drug-likeness (QED) is 0.538. The van der Waals surface area contributed by atoms with Crippen LogP contribution in [0.3, 0.4) is 0 Å². The fraction of sp³-hybridized carbons (Fsp3) is 0.259. The molecule has 3 aromatic rings. The molecule has 3 aromatic carbocycles. The number of hydrogen-bond acceptors (Lipinski definition) is 4. The normalized spacial score (nSPS) is 15.8. The van der Waals surface area contributed by atoms with Crippen LogP contribution in [-0.4, -0.2) is 36.0 Å². The largest absolute Gasteiger partial charge is 0.495 e. The van der Waals surface area contributed by atoms with E-state index in [9.17, 15) is 4.79 Å². The van der Waals surface area contributed by atoms with Crippen molar-refractivity contribution in [2.75, 3.05) is 12.0 Å². The van der Waals surface area contributed by atoms with Gasteiger partial charge in [-0.1, -0.05) is 72.8 Å². The number of para-hydroxylation sites is 2. The van der Waals surface area contributed by atoms with E-state index < -0.39 is 6.04 Å². The van der Waals surface area contributed by atoms with Gasteiger partial charge in [-0.3, -0.25) is 4.79 Å². The van der Waals surface area contributed by atoms with E-state index in [1.165, 1.54) is 5.56 Å². The number of hydrogen-bond donors (Lipinski definition) is 0. The van der Waals surface area contributed by atoms with E-state index in [1.807, 2.05) is 72.8 Å². The van der Waals surface area contributed by atoms with E-state index in [0.29, 0.717) is 30.4 Å². The van der Waals surface area contributed by atoms with Crippen LogP contribution in [0.25, 0.3) is 0 Å². The van der Waals surface area contributed by atoms with E-state index in [0.717, 1.165) is 5.56 Å². The maximum Gasteiger partial charge on any atom is 0.259 e. The molecule has 5 heteroatoms. The molecule has 1 atom stereocenters. The molecule has 0 bridgehead atoms. The molecule has 4 rings (SSSR count). The second-order valence-corrected chi connectivity index (χ2v) is 8.19. The lowest BCUT2D eigenvalue weighted by molar-refractivity contribution is -0.118. The Morgan fingerprint density at radius 2 is 1.50 bits per heavy atom. The highest BCUT2D eigenvalue weighted by molar-refractivity contribution is 6.22. The summed E-state index contributed by atoms with van der Waals surface area (Å²) in [5.41, 5.74) is 2.98. The minimum atomic E-state index is -0.477. The topological polar surface area (TPSA) is 45.1 Å². The summed E-state index contributed by atoms with van der Waals surface area (Å²) < 4.78 is 5.60. The van der Waals surface area contributed by atoms with Crippen LogP contribution in [0.1, 0.15) is 25.0 Å². The van der Waals surface area contributed by atoms with Gasteiger partial charge in [-0.2, -0.15) is 0 Å². The van der Waals surface area contributed by atoms with E-state index >= 15 is 0 Å². The first-order chi connectivity index (χ1) is 15.6. The van der Waals surface area contributed by atoms with Crippen molar-refractivity contribution in [3.63, 3.8) is 0 Å². The molecule has 164 valence electrons. The van der Waals surface area contributed by atoms with Gasteiger partial charge in [0.2, 0.25) is 5.96 Å². The number of methoxy groups -OCH3 is 1. The first-order valence-corrected chi connectivity index (χ1v) is 11.0. The van der Waals surface area contributed by atoms with Crippen LogP contribution in [0.4, 0.5) is 5.69 Å². The molecular weight excluding hydrogens is 398 g/mol. The number of amides is 1. The number of benzene rings is 3. The highest BCUT2D eigenvalue weighted by atomic mass is 16.5. The highest BCUT2D eigenvalue weighted by Gasteiger charge is 2.40. The Kier molecular flexibility index (Phi) is 6.55. The Labute approximate surface area is 190 Å². The highest BCUT2D eigenvalue weighted by Crippen LogP contribution is 2.33. The molecule has 1 aliphatic rings. The molecule has 1 heterocycles. The molecule has 1 aliphatic heterocycles. The first kappa shape index (κ1) is 21.6. The summed E-state index contributed by atoms with van der Waals surface area (Å²) in [6.07, 6.45) is 0.562. The SMILES string of the molecule is COc1ccccc1N1C(=O)C(Cc2ccccc2)N=C1N(Cc1ccccc1)C(C)C. The first-order valence-electron chi connectivity index (χ1n) is 11.0. The minimum Gasteiger partial charge on any atom is -0.495 e. The summed E-state index contributed by atoms with van der Waals surface area (Å²) in [5, 5.41) is 0. The van der Waals surface area contributed by atoms with Gasteiger partial charge in [0, 0.05) is 19.0 Å². The van der Waals surface area contributed by atoms with Gasteiger partial charge in [-0.05, 0) is 37.1 Å². The molecule has 0 radical (unpaired) electrons. The molecule has 32 heavy (non-hydrogen) atoms. The Balaban J connectivity index is 1.75. The number of ether oxygens (including phenoxy) is 1. The summed E-state index contributed by atoms with van der Waals surface area (Å²) in [6.45, 7) is 4.91. The number of carbonyl (C=O) groups is 1. The fourth-order valence-electron chi connectivity index (χ4n) is 3.98. The molecular formula is C27H29N3O2. The van der Waals surface area contributed by atoms with Crippen LogP contribution in [0.15, 0.2) is 89.9 Å². The third-order valence-corrected chi connectivity index (χ3v) is 5.65. The van der Waals surface area contributed by atoms with Gasteiger partial charge in [-0.15, -0.1) is 0 Å². The zero-order valence-electron chi connectivity index (χ0n) is 18.8. The van der Waals surface area contributed by atoms with E-state index in [2.05, 4.69) is 30.9 Å². The van der Waals surface area contributed by atoms with E-state index in [4.69, 9.17) is 9.73 Å². The number of aliphatic imine (C=N–C) groups is 1. The third-order valence-electron chi connectivity index (χ3n) is 5.65. The van der Waals surface area contributed by atoms with Crippen LogP contribution < -0.4 is 9.64 Å². The molecule has 0 aromatic heterocycles. The van der Waals surface area contributed by atoms with Crippen molar-refractivity contribution < 1.29 is 9.53 Å². The zero-order chi connectivity index (χ0) is 22.5. The maximum atomic E-state index is 13.7. The second-order valence-electron chi connectivity index (χ2n) is 8.19. The van der Waals surface area contributed by atoms with Crippen molar-refractivity contribution >= 4 is 17.6 Å². The van der Waals surface area contributed by atoms with Gasteiger partial charge in [0.25, 0.3) is 5.91 Å². The molecule has 1 amide bonds. The summed E-state index contributed by atoms with van der Waals surface area (Å²) in [5.74, 6) is 1.28. The number of guanidine groups is 1. The molecule has 1 unspecified atom stereocenters. The lowest BCUT2D eigenvalue weighted by Gasteiger charge is -2.33. The summed E-state index contributed by atoms with van der Waals surface area (Å²) in [4.78, 5) is 22.6. The average molecular weight is 428 g/mol. The standard InChI is InChI=1S/C27H29N3O2/c1-20(2)29(19-22-14-8-5-9-15-22)27-28-23(18-21-12-6-4-7-13-21)26(31)30(27)24-16-10-11-17-25(24)32-3/h4-17,20,23H,18-19H2,1-3H3. The van der Waals surface area contributed by atoms with Gasteiger partial charge >= 0.3 is 0 Å². The van der Waals surface area contributed by atoms with Crippen LogP contribution in [0, 0.1) is 0 Å². The number of nitrogens with zero attached hydrogens (tertiary/aromatic N) is 3. The van der Waals surface area contributed by atoms with Crippen LogP contribution in [0.5, 0.6) is 5.75 Å².